The normalized spacial score (nSPS) is 27.7. The Morgan fingerprint density at radius 2 is 1.66 bits per heavy atom. The molecule has 7 atom stereocenters. The Hall–Kier alpha value is -5.75. The molecule has 50 heavy (non-hydrogen) atoms. The maximum absolute atomic E-state index is 12.3. The fourth-order valence-electron chi connectivity index (χ4n) is 5.53. The van der Waals surface area contributed by atoms with Crippen LogP contribution in [-0.4, -0.2) is 125 Å². The molecule has 2 aromatic carbocycles. The van der Waals surface area contributed by atoms with Gasteiger partial charge >= 0.3 is 23.9 Å². The number of carboxylic acids is 3. The third kappa shape index (κ3) is 7.92. The van der Waals surface area contributed by atoms with E-state index in [1.54, 1.807) is 12.1 Å². The Morgan fingerprint density at radius 1 is 0.940 bits per heavy atom. The lowest BCUT2D eigenvalue weighted by Crippen LogP contribution is -2.60. The van der Waals surface area contributed by atoms with Gasteiger partial charge in [0.15, 0.2) is 17.7 Å². The van der Waals surface area contributed by atoms with Gasteiger partial charge in [0.05, 0.1) is 12.5 Å². The van der Waals surface area contributed by atoms with Gasteiger partial charge in [0.2, 0.25) is 12.0 Å². The van der Waals surface area contributed by atoms with Gasteiger partial charge in [-0.25, -0.2) is 19.2 Å². The Labute approximate surface area is 282 Å². The number of aliphatic hydroxyl groups is 3. The third-order valence-electron chi connectivity index (χ3n) is 8.16. The lowest BCUT2D eigenvalue weighted by molar-refractivity contribution is -0.456. The van der Waals surface area contributed by atoms with Crippen molar-refractivity contribution in [1.82, 2.24) is 5.32 Å². The zero-order valence-corrected chi connectivity index (χ0v) is 25.9. The number of nitrogens with one attached hydrogen (secondary N) is 1. The number of esters is 1. The Balaban J connectivity index is 1.35. The van der Waals surface area contributed by atoms with Crippen molar-refractivity contribution in [2.24, 2.45) is 0 Å². The standard InChI is InChI=1S/C33H32N2O15/c36-18-4-1-15(2-5-18)3-6-26(38)48-14-25-27(39)28(40)29(41)33(50-25)49-24-13-21-17(12-23(24)37)11-22(32(46)47)35(21)8-7-16-9-19(30(42)43)34-20(10-16)31(44)45/h1-9,12-13,20,22,25,27-29,33,39-41H,10-11,14H2,(H5,36,37,38,42,43,44,45,46,47)/p+1/t20-,22-,25+,27+,28+,29+,33+/m0/s1. The van der Waals surface area contributed by atoms with Gasteiger partial charge in [-0.05, 0) is 41.5 Å². The van der Waals surface area contributed by atoms with E-state index in [9.17, 15) is 60.0 Å². The van der Waals surface area contributed by atoms with Crippen molar-refractivity contribution in [2.75, 3.05) is 6.61 Å². The smallest absolute Gasteiger partial charge is 0.373 e. The number of allylic oxidation sites excluding steroid dienone is 2. The van der Waals surface area contributed by atoms with Crippen molar-refractivity contribution < 1.29 is 78.8 Å². The summed E-state index contributed by atoms with van der Waals surface area (Å²) in [6.45, 7) is -0.576. The maximum atomic E-state index is 12.3. The summed E-state index contributed by atoms with van der Waals surface area (Å²) >= 11 is 0. The molecule has 17 nitrogen and oxygen atoms in total. The number of hydrogen-bond donors (Lipinski definition) is 9. The van der Waals surface area contributed by atoms with Gasteiger partial charge in [-0.1, -0.05) is 12.1 Å². The number of aliphatic hydroxyl groups excluding tert-OH is 3. The highest BCUT2D eigenvalue weighted by atomic mass is 16.7. The highest BCUT2D eigenvalue weighted by molar-refractivity contribution is 5.90. The van der Waals surface area contributed by atoms with Crippen LogP contribution in [0.1, 0.15) is 17.5 Å². The molecular formula is C33H33N2O15+. The Bertz CT molecular complexity index is 1800. The molecule has 264 valence electrons. The number of aromatic hydroxyl groups is 2. The number of benzene rings is 2. The summed E-state index contributed by atoms with van der Waals surface area (Å²) in [5.74, 6) is -5.52. The first-order chi connectivity index (χ1) is 23.7. The number of carbonyl (C=O) groups is 4. The van der Waals surface area contributed by atoms with E-state index in [0.717, 1.165) is 6.08 Å². The predicted molar refractivity (Wildman–Crippen MR) is 168 cm³/mol. The summed E-state index contributed by atoms with van der Waals surface area (Å²) in [6.07, 6.45) is -2.27. The molecule has 0 saturated carbocycles. The molecule has 1 fully saturated rings. The van der Waals surface area contributed by atoms with Crippen LogP contribution in [0.3, 0.4) is 0 Å². The summed E-state index contributed by atoms with van der Waals surface area (Å²) in [4.78, 5) is 47.5. The number of rotatable bonds is 10. The number of hydrogen-bond acceptors (Lipinski definition) is 13. The highest BCUT2D eigenvalue weighted by Crippen LogP contribution is 2.40. The van der Waals surface area contributed by atoms with Crippen LogP contribution in [0.15, 0.2) is 65.9 Å². The fraction of sp³-hybridized carbons (Fsp3) is 0.303. The second-order valence-electron chi connectivity index (χ2n) is 11.6. The van der Waals surface area contributed by atoms with Crippen molar-refractivity contribution >= 4 is 41.9 Å². The van der Waals surface area contributed by atoms with Crippen LogP contribution in [0, 0.1) is 0 Å². The van der Waals surface area contributed by atoms with Crippen LogP contribution >= 0.6 is 0 Å². The first kappa shape index (κ1) is 35.6. The van der Waals surface area contributed by atoms with Crippen molar-refractivity contribution in [3.05, 3.63) is 77.0 Å². The van der Waals surface area contributed by atoms with Crippen molar-refractivity contribution in [3.8, 4) is 17.2 Å². The number of aliphatic carboxylic acids is 3. The van der Waals surface area contributed by atoms with E-state index in [1.807, 2.05) is 0 Å². The quantitative estimate of drug-likeness (QED) is 0.0868. The summed E-state index contributed by atoms with van der Waals surface area (Å²) in [7, 11) is 0. The minimum atomic E-state index is -1.85. The number of phenols is 2. The van der Waals surface area contributed by atoms with E-state index < -0.39 is 79.0 Å². The van der Waals surface area contributed by atoms with Gasteiger partial charge in [-0.15, -0.1) is 0 Å². The molecule has 0 unspecified atom stereocenters. The number of carboxylic acid groups (broad SMARTS) is 3. The molecule has 3 aliphatic heterocycles. The molecule has 0 aliphatic carbocycles. The number of nitrogens with zero attached hydrogens (tertiary/aromatic N) is 1. The van der Waals surface area contributed by atoms with E-state index in [1.165, 1.54) is 53.3 Å². The summed E-state index contributed by atoms with van der Waals surface area (Å²) in [6, 6.07) is 6.00. The van der Waals surface area contributed by atoms with Crippen molar-refractivity contribution in [3.63, 3.8) is 0 Å². The molecule has 3 heterocycles. The number of fused-ring (bicyclic) bond motifs is 1. The summed E-state index contributed by atoms with van der Waals surface area (Å²) in [5, 5.41) is 82.9. The van der Waals surface area contributed by atoms with Gasteiger partial charge < -0.3 is 60.4 Å². The van der Waals surface area contributed by atoms with E-state index in [2.05, 4.69) is 5.32 Å². The second kappa shape index (κ2) is 14.8. The first-order valence-electron chi connectivity index (χ1n) is 15.1. The average Bonchev–Trinajstić information content (AvgIpc) is 3.43. The third-order valence-corrected chi connectivity index (χ3v) is 8.16. The maximum Gasteiger partial charge on any atom is 0.373 e. The predicted octanol–water partition coefficient (Wildman–Crippen LogP) is -0.394. The first-order valence-corrected chi connectivity index (χ1v) is 15.1. The largest absolute Gasteiger partial charge is 0.508 e. The topological polar surface area (TPSA) is 273 Å². The van der Waals surface area contributed by atoms with E-state index in [4.69, 9.17) is 14.2 Å². The van der Waals surface area contributed by atoms with Gasteiger partial charge in [-0.3, -0.25) is 0 Å². The van der Waals surface area contributed by atoms with Gasteiger partial charge in [0, 0.05) is 24.1 Å². The fourth-order valence-corrected chi connectivity index (χ4v) is 5.53. The summed E-state index contributed by atoms with van der Waals surface area (Å²) < 4.78 is 17.7. The molecule has 0 radical (unpaired) electrons. The highest BCUT2D eigenvalue weighted by Gasteiger charge is 2.46. The van der Waals surface area contributed by atoms with Crippen LogP contribution in [0.25, 0.3) is 6.08 Å². The van der Waals surface area contributed by atoms with Crippen LogP contribution < -0.4 is 10.1 Å². The molecule has 0 spiro atoms. The van der Waals surface area contributed by atoms with Gasteiger partial charge in [-0.2, -0.15) is 4.58 Å². The van der Waals surface area contributed by atoms with Crippen molar-refractivity contribution in [1.29, 1.82) is 0 Å². The number of phenolic OH excluding ortho intramolecular Hbond substituents is 2. The zero-order valence-electron chi connectivity index (χ0n) is 25.9. The molecule has 2 aromatic rings. The molecule has 5 rings (SSSR count). The molecule has 1 saturated heterocycles. The molecule has 0 amide bonds. The molecule has 9 N–H and O–H groups in total. The van der Waals surface area contributed by atoms with Gasteiger partial charge in [0.25, 0.3) is 6.04 Å². The Morgan fingerprint density at radius 3 is 2.32 bits per heavy atom. The zero-order chi connectivity index (χ0) is 36.3. The number of ether oxygens (including phenoxy) is 3. The molecular weight excluding hydrogens is 664 g/mol. The number of carbonyl (C=O) groups excluding carboxylic acids is 1. The van der Waals surface area contributed by atoms with E-state index in [0.29, 0.717) is 11.1 Å². The molecule has 17 heteroatoms. The minimum absolute atomic E-state index is 0.0387. The minimum Gasteiger partial charge on any atom is -0.508 e. The summed E-state index contributed by atoms with van der Waals surface area (Å²) in [5.41, 5.74) is 1.09. The molecule has 0 aromatic heterocycles. The molecule has 3 aliphatic rings. The Kier molecular flexibility index (Phi) is 10.5. The van der Waals surface area contributed by atoms with Crippen LogP contribution in [-0.2, 0) is 35.1 Å². The average molecular weight is 698 g/mol. The van der Waals surface area contributed by atoms with E-state index >= 15 is 0 Å². The lowest BCUT2D eigenvalue weighted by atomic mass is 9.99. The van der Waals surface area contributed by atoms with Crippen LogP contribution in [0.2, 0.25) is 0 Å². The second-order valence-corrected chi connectivity index (χ2v) is 11.6. The van der Waals surface area contributed by atoms with Crippen LogP contribution in [0.4, 0.5) is 5.69 Å². The van der Waals surface area contributed by atoms with Crippen molar-refractivity contribution in [2.45, 2.75) is 55.6 Å². The van der Waals surface area contributed by atoms with Crippen LogP contribution in [0.5, 0.6) is 17.2 Å². The lowest BCUT2D eigenvalue weighted by Gasteiger charge is -2.39. The molecule has 0 bridgehead atoms. The monoisotopic (exact) mass is 697 g/mol. The van der Waals surface area contributed by atoms with E-state index in [-0.39, 0.29) is 41.3 Å². The SMILES string of the molecule is O=C(/C=C\c1ccc(O)cc1)OC[C@H]1O[C@@H](Oc2cc3c(cc2O)C[C@@H](C(=O)O)[N+]3=C/C=C2/C=C(C(=O)O)N[C@H](C(=O)O)C2)[C@H](O)[C@H](O)[C@@H]1O. The van der Waals surface area contributed by atoms with Gasteiger partial charge in [0.1, 0.15) is 48.5 Å².